The highest BCUT2D eigenvalue weighted by molar-refractivity contribution is 6.31. The van der Waals surface area contributed by atoms with Crippen LogP contribution < -0.4 is 5.73 Å². The first-order chi connectivity index (χ1) is 9.04. The molecule has 0 aromatic heterocycles. The normalized spacial score (nSPS) is 13.6. The van der Waals surface area contributed by atoms with Crippen molar-refractivity contribution in [2.75, 3.05) is 0 Å². The fraction of sp³-hybridized carbons (Fsp3) is 0.429. The van der Waals surface area contributed by atoms with E-state index in [2.05, 4.69) is 0 Å². The van der Waals surface area contributed by atoms with Crippen LogP contribution in [-0.4, -0.2) is 23.4 Å². The number of alkyl halides is 1. The Hall–Kier alpha value is -1.55. The molecule has 0 heterocycles. The lowest BCUT2D eigenvalue weighted by molar-refractivity contribution is -0.127. The lowest BCUT2D eigenvalue weighted by Gasteiger charge is -2.17. The van der Waals surface area contributed by atoms with E-state index in [1.807, 2.05) is 37.3 Å². The van der Waals surface area contributed by atoms with Crippen LogP contribution in [-0.2, 0) is 16.0 Å². The third-order valence-electron chi connectivity index (χ3n) is 2.69. The van der Waals surface area contributed by atoms with Gasteiger partial charge in [-0.1, -0.05) is 43.7 Å². The molecule has 0 bridgehead atoms. The van der Waals surface area contributed by atoms with Gasteiger partial charge in [0.25, 0.3) is 0 Å². The standard InChI is InChI=1S/C14H18ClNO3/c1-2-6-12(19-14(16)18)13(17)11(15)9-10-7-4-3-5-8-10/h3-5,7-8,11-12H,2,6,9H2,1H3,(H2,16,18)/t11-,12?/m0/s1. The maximum absolute atomic E-state index is 12.1. The Balaban J connectivity index is 2.65. The molecule has 0 fully saturated rings. The highest BCUT2D eigenvalue weighted by Gasteiger charge is 2.27. The Morgan fingerprint density at radius 1 is 1.32 bits per heavy atom. The van der Waals surface area contributed by atoms with Gasteiger partial charge in [0.2, 0.25) is 0 Å². The minimum absolute atomic E-state index is 0.300. The summed E-state index contributed by atoms with van der Waals surface area (Å²) in [4.78, 5) is 22.9. The van der Waals surface area contributed by atoms with Crippen molar-refractivity contribution in [2.24, 2.45) is 5.73 Å². The van der Waals surface area contributed by atoms with Crippen LogP contribution in [0.2, 0.25) is 0 Å². The van der Waals surface area contributed by atoms with Crippen LogP contribution in [0.3, 0.4) is 0 Å². The number of hydrogen-bond acceptors (Lipinski definition) is 3. The van der Waals surface area contributed by atoms with Crippen LogP contribution in [0.5, 0.6) is 0 Å². The molecule has 1 aromatic carbocycles. The zero-order valence-corrected chi connectivity index (χ0v) is 11.6. The molecule has 1 amide bonds. The minimum atomic E-state index is -0.949. The predicted molar refractivity (Wildman–Crippen MR) is 74.2 cm³/mol. The maximum atomic E-state index is 12.1. The Bertz CT molecular complexity index is 422. The molecule has 2 N–H and O–H groups in total. The van der Waals surface area contributed by atoms with Crippen LogP contribution in [0.25, 0.3) is 0 Å². The number of benzene rings is 1. The van der Waals surface area contributed by atoms with Gasteiger partial charge in [0.05, 0.1) is 5.38 Å². The van der Waals surface area contributed by atoms with Crippen LogP contribution >= 0.6 is 11.6 Å². The first-order valence-electron chi connectivity index (χ1n) is 6.22. The Morgan fingerprint density at radius 3 is 2.47 bits per heavy atom. The lowest BCUT2D eigenvalue weighted by Crippen LogP contribution is -2.35. The number of Topliss-reactive ketones (excluding diaryl/α,β-unsaturated/α-hetero) is 1. The largest absolute Gasteiger partial charge is 0.438 e. The number of nitrogens with two attached hydrogens (primary N) is 1. The van der Waals surface area contributed by atoms with Crippen molar-refractivity contribution in [1.29, 1.82) is 0 Å². The second-order valence-electron chi connectivity index (χ2n) is 4.27. The SMILES string of the molecule is CCCC(OC(N)=O)C(=O)[C@@H](Cl)Cc1ccccc1. The molecule has 0 aliphatic carbocycles. The second-order valence-corrected chi connectivity index (χ2v) is 4.80. The van der Waals surface area contributed by atoms with Gasteiger partial charge in [0, 0.05) is 0 Å². The fourth-order valence-corrected chi connectivity index (χ4v) is 2.10. The highest BCUT2D eigenvalue weighted by atomic mass is 35.5. The van der Waals surface area contributed by atoms with E-state index >= 15 is 0 Å². The number of hydrogen-bond donors (Lipinski definition) is 1. The number of rotatable bonds is 7. The van der Waals surface area contributed by atoms with Crippen LogP contribution in [0.15, 0.2) is 30.3 Å². The topological polar surface area (TPSA) is 69.4 Å². The van der Waals surface area contributed by atoms with Gasteiger partial charge in [-0.05, 0) is 18.4 Å². The summed E-state index contributed by atoms with van der Waals surface area (Å²) >= 11 is 6.10. The summed E-state index contributed by atoms with van der Waals surface area (Å²) in [6, 6.07) is 9.45. The quantitative estimate of drug-likeness (QED) is 0.782. The van der Waals surface area contributed by atoms with E-state index in [0.717, 1.165) is 5.56 Å². The monoisotopic (exact) mass is 283 g/mol. The number of amides is 1. The zero-order valence-electron chi connectivity index (χ0n) is 10.8. The summed E-state index contributed by atoms with van der Waals surface area (Å²) in [5.74, 6) is -0.300. The summed E-state index contributed by atoms with van der Waals surface area (Å²) in [6.45, 7) is 1.89. The molecule has 0 radical (unpaired) electrons. The van der Waals surface area contributed by atoms with Crippen molar-refractivity contribution in [3.05, 3.63) is 35.9 Å². The molecule has 0 aliphatic heterocycles. The smallest absolute Gasteiger partial charge is 0.405 e. The number of primary amides is 1. The van der Waals surface area contributed by atoms with E-state index in [-0.39, 0.29) is 5.78 Å². The van der Waals surface area contributed by atoms with Crippen molar-refractivity contribution >= 4 is 23.5 Å². The van der Waals surface area contributed by atoms with Gasteiger partial charge < -0.3 is 10.5 Å². The third kappa shape index (κ3) is 5.30. The van der Waals surface area contributed by atoms with E-state index < -0.39 is 17.6 Å². The Labute approximate surface area is 117 Å². The molecular formula is C14H18ClNO3. The van der Waals surface area contributed by atoms with Gasteiger partial charge in [-0.15, -0.1) is 11.6 Å². The molecule has 2 atom stereocenters. The van der Waals surface area contributed by atoms with E-state index in [4.69, 9.17) is 22.1 Å². The third-order valence-corrected chi connectivity index (χ3v) is 3.06. The molecule has 4 nitrogen and oxygen atoms in total. The molecular weight excluding hydrogens is 266 g/mol. The minimum Gasteiger partial charge on any atom is -0.438 e. The number of carbonyl (C=O) groups excluding carboxylic acids is 2. The molecule has 0 saturated carbocycles. The molecule has 1 rings (SSSR count). The molecule has 1 aromatic rings. The van der Waals surface area contributed by atoms with E-state index in [9.17, 15) is 9.59 Å². The number of halogens is 1. The average molecular weight is 284 g/mol. The average Bonchev–Trinajstić information content (AvgIpc) is 2.38. The van der Waals surface area contributed by atoms with Gasteiger partial charge >= 0.3 is 6.09 Å². The maximum Gasteiger partial charge on any atom is 0.405 e. The summed E-state index contributed by atoms with van der Waals surface area (Å²) in [6.07, 6.45) is -0.258. The lowest BCUT2D eigenvalue weighted by atomic mass is 10.0. The number of ketones is 1. The van der Waals surface area contributed by atoms with Gasteiger partial charge in [-0.25, -0.2) is 4.79 Å². The summed E-state index contributed by atoms with van der Waals surface area (Å²) in [7, 11) is 0. The first kappa shape index (κ1) is 15.5. The van der Waals surface area contributed by atoms with Gasteiger partial charge in [0.15, 0.2) is 11.9 Å². The van der Waals surface area contributed by atoms with Crippen molar-refractivity contribution in [1.82, 2.24) is 0 Å². The fourth-order valence-electron chi connectivity index (χ4n) is 1.78. The number of ether oxygens (including phenoxy) is 1. The zero-order chi connectivity index (χ0) is 14.3. The molecule has 19 heavy (non-hydrogen) atoms. The summed E-state index contributed by atoms with van der Waals surface area (Å²) in [5.41, 5.74) is 5.92. The molecule has 104 valence electrons. The van der Waals surface area contributed by atoms with Gasteiger partial charge in [-0.3, -0.25) is 4.79 Å². The number of carbonyl (C=O) groups is 2. The second kappa shape index (κ2) is 7.79. The van der Waals surface area contributed by atoms with Crippen molar-refractivity contribution in [3.63, 3.8) is 0 Å². The Kier molecular flexibility index (Phi) is 6.36. The van der Waals surface area contributed by atoms with E-state index in [1.165, 1.54) is 0 Å². The predicted octanol–water partition coefficient (Wildman–Crippen LogP) is 2.67. The summed E-state index contributed by atoms with van der Waals surface area (Å²) < 4.78 is 4.82. The van der Waals surface area contributed by atoms with Crippen LogP contribution in [0.4, 0.5) is 4.79 Å². The molecule has 1 unspecified atom stereocenters. The van der Waals surface area contributed by atoms with E-state index in [1.54, 1.807) is 0 Å². The van der Waals surface area contributed by atoms with Crippen LogP contribution in [0, 0.1) is 0 Å². The first-order valence-corrected chi connectivity index (χ1v) is 6.66. The van der Waals surface area contributed by atoms with Crippen molar-refractivity contribution in [2.45, 2.75) is 37.7 Å². The van der Waals surface area contributed by atoms with Gasteiger partial charge in [0.1, 0.15) is 0 Å². The molecule has 5 heteroatoms. The van der Waals surface area contributed by atoms with Crippen LogP contribution in [0.1, 0.15) is 25.3 Å². The summed E-state index contributed by atoms with van der Waals surface area (Å²) in [5, 5.41) is -0.724. The van der Waals surface area contributed by atoms with Gasteiger partial charge in [-0.2, -0.15) is 0 Å². The molecule has 0 spiro atoms. The van der Waals surface area contributed by atoms with Crippen molar-refractivity contribution < 1.29 is 14.3 Å². The highest BCUT2D eigenvalue weighted by Crippen LogP contribution is 2.15. The molecule has 0 aliphatic rings. The molecule has 0 saturated heterocycles. The van der Waals surface area contributed by atoms with Crippen molar-refractivity contribution in [3.8, 4) is 0 Å². The van der Waals surface area contributed by atoms with E-state index in [0.29, 0.717) is 19.3 Å². The Morgan fingerprint density at radius 2 is 1.95 bits per heavy atom.